The van der Waals surface area contributed by atoms with Crippen LogP contribution in [0, 0.1) is 12.8 Å². The number of nitrogens with one attached hydrogen (secondary N) is 2. The highest BCUT2D eigenvalue weighted by Crippen LogP contribution is 2.30. The minimum Gasteiger partial charge on any atom is -0.507 e. The van der Waals surface area contributed by atoms with Gasteiger partial charge in [0, 0.05) is 17.3 Å². The zero-order valence-corrected chi connectivity index (χ0v) is 12.8. The smallest absolute Gasteiger partial charge is 0.259 e. The molecule has 1 aliphatic rings. The standard InChI is InChI=1S/C18H18N2O3/c1-11-5-8-16(21)15(9-11)18(23)20-14-4-2-3-13(10-14)19-17(22)12-6-7-12/h2-5,8-10,12,21H,6-7H2,1H3,(H,19,22)(H,20,23). The first kappa shape index (κ1) is 15.1. The average molecular weight is 310 g/mol. The van der Waals surface area contributed by atoms with Gasteiger partial charge in [0.05, 0.1) is 5.56 Å². The van der Waals surface area contributed by atoms with E-state index in [1.165, 1.54) is 6.07 Å². The molecule has 5 heteroatoms. The van der Waals surface area contributed by atoms with Gasteiger partial charge in [0.1, 0.15) is 5.75 Å². The van der Waals surface area contributed by atoms with Crippen molar-refractivity contribution in [2.75, 3.05) is 10.6 Å². The quantitative estimate of drug-likeness (QED) is 0.810. The molecule has 0 atom stereocenters. The number of hydrogen-bond acceptors (Lipinski definition) is 3. The van der Waals surface area contributed by atoms with Crippen LogP contribution in [-0.2, 0) is 4.79 Å². The second-order valence-electron chi connectivity index (χ2n) is 5.82. The molecule has 0 radical (unpaired) electrons. The molecular weight excluding hydrogens is 292 g/mol. The van der Waals surface area contributed by atoms with E-state index in [9.17, 15) is 14.7 Å². The fourth-order valence-electron chi connectivity index (χ4n) is 2.29. The molecule has 23 heavy (non-hydrogen) atoms. The molecule has 1 saturated carbocycles. The van der Waals surface area contributed by atoms with Crippen LogP contribution >= 0.6 is 0 Å². The molecule has 0 spiro atoms. The summed E-state index contributed by atoms with van der Waals surface area (Å²) in [5.74, 6) is -0.314. The van der Waals surface area contributed by atoms with Crippen molar-refractivity contribution in [2.45, 2.75) is 19.8 Å². The Morgan fingerprint density at radius 2 is 1.74 bits per heavy atom. The van der Waals surface area contributed by atoms with E-state index in [0.717, 1.165) is 18.4 Å². The van der Waals surface area contributed by atoms with Crippen molar-refractivity contribution >= 4 is 23.2 Å². The van der Waals surface area contributed by atoms with Crippen LogP contribution in [0.2, 0.25) is 0 Å². The van der Waals surface area contributed by atoms with Crippen molar-refractivity contribution in [1.82, 2.24) is 0 Å². The Balaban J connectivity index is 1.73. The Bertz CT molecular complexity index is 767. The molecule has 3 N–H and O–H groups in total. The number of aromatic hydroxyl groups is 1. The second-order valence-corrected chi connectivity index (χ2v) is 5.82. The molecule has 0 unspecified atom stereocenters. The van der Waals surface area contributed by atoms with Gasteiger partial charge in [-0.2, -0.15) is 0 Å². The number of carbonyl (C=O) groups excluding carboxylic acids is 2. The highest BCUT2D eigenvalue weighted by atomic mass is 16.3. The molecule has 0 aromatic heterocycles. The lowest BCUT2D eigenvalue weighted by molar-refractivity contribution is -0.117. The lowest BCUT2D eigenvalue weighted by Crippen LogP contribution is -2.15. The van der Waals surface area contributed by atoms with Crippen LogP contribution in [0.3, 0.4) is 0 Å². The summed E-state index contributed by atoms with van der Waals surface area (Å²) in [6, 6.07) is 11.8. The Hall–Kier alpha value is -2.82. The SMILES string of the molecule is Cc1ccc(O)c(C(=O)Nc2cccc(NC(=O)C3CC3)c2)c1. The Morgan fingerprint density at radius 3 is 2.43 bits per heavy atom. The monoisotopic (exact) mass is 310 g/mol. The minimum atomic E-state index is -0.392. The molecule has 0 heterocycles. The first-order chi connectivity index (χ1) is 11.0. The van der Waals surface area contributed by atoms with Gasteiger partial charge < -0.3 is 15.7 Å². The number of amides is 2. The zero-order chi connectivity index (χ0) is 16.4. The predicted octanol–water partition coefficient (Wildman–Crippen LogP) is 3.30. The van der Waals surface area contributed by atoms with Gasteiger partial charge in [-0.15, -0.1) is 0 Å². The van der Waals surface area contributed by atoms with E-state index in [1.54, 1.807) is 36.4 Å². The molecule has 2 aromatic carbocycles. The van der Waals surface area contributed by atoms with Gasteiger partial charge in [-0.25, -0.2) is 0 Å². The minimum absolute atomic E-state index is 0.0183. The van der Waals surface area contributed by atoms with E-state index in [0.29, 0.717) is 11.4 Å². The fraction of sp³-hybridized carbons (Fsp3) is 0.222. The Kier molecular flexibility index (Phi) is 4.02. The van der Waals surface area contributed by atoms with Crippen LogP contribution < -0.4 is 10.6 Å². The van der Waals surface area contributed by atoms with Gasteiger partial charge in [0.25, 0.3) is 5.91 Å². The summed E-state index contributed by atoms with van der Waals surface area (Å²) in [7, 11) is 0. The molecule has 1 aliphatic carbocycles. The summed E-state index contributed by atoms with van der Waals surface area (Å²) in [5.41, 5.74) is 2.31. The van der Waals surface area contributed by atoms with Crippen LogP contribution in [0.1, 0.15) is 28.8 Å². The number of phenolic OH excluding ortho intramolecular Hbond substituents is 1. The largest absolute Gasteiger partial charge is 0.507 e. The summed E-state index contributed by atoms with van der Waals surface area (Å²) in [5, 5.41) is 15.4. The van der Waals surface area contributed by atoms with Gasteiger partial charge in [0.2, 0.25) is 5.91 Å². The number of hydrogen-bond donors (Lipinski definition) is 3. The van der Waals surface area contributed by atoms with Crippen molar-refractivity contribution < 1.29 is 14.7 Å². The van der Waals surface area contributed by atoms with E-state index in [-0.39, 0.29) is 23.1 Å². The first-order valence-corrected chi connectivity index (χ1v) is 7.55. The molecule has 0 saturated heterocycles. The van der Waals surface area contributed by atoms with Gasteiger partial charge in [-0.1, -0.05) is 17.7 Å². The summed E-state index contributed by atoms with van der Waals surface area (Å²) >= 11 is 0. The molecule has 1 fully saturated rings. The van der Waals surface area contributed by atoms with Crippen molar-refractivity contribution in [1.29, 1.82) is 0 Å². The van der Waals surface area contributed by atoms with Crippen LogP contribution in [0.25, 0.3) is 0 Å². The van der Waals surface area contributed by atoms with E-state index < -0.39 is 5.91 Å². The highest BCUT2D eigenvalue weighted by molar-refractivity contribution is 6.06. The molecule has 0 aliphatic heterocycles. The average Bonchev–Trinajstić information content (AvgIpc) is 3.35. The fourth-order valence-corrected chi connectivity index (χ4v) is 2.29. The van der Waals surface area contributed by atoms with Crippen LogP contribution in [-0.4, -0.2) is 16.9 Å². The van der Waals surface area contributed by atoms with Gasteiger partial charge in [-0.3, -0.25) is 9.59 Å². The van der Waals surface area contributed by atoms with Crippen LogP contribution in [0.15, 0.2) is 42.5 Å². The van der Waals surface area contributed by atoms with E-state index in [2.05, 4.69) is 10.6 Å². The third-order valence-corrected chi connectivity index (χ3v) is 3.73. The van der Waals surface area contributed by atoms with Crippen molar-refractivity contribution in [3.05, 3.63) is 53.6 Å². The highest BCUT2D eigenvalue weighted by Gasteiger charge is 2.29. The number of benzene rings is 2. The first-order valence-electron chi connectivity index (χ1n) is 7.55. The van der Waals surface area contributed by atoms with Crippen molar-refractivity contribution in [3.63, 3.8) is 0 Å². The molecule has 3 rings (SSSR count). The Morgan fingerprint density at radius 1 is 1.04 bits per heavy atom. The summed E-state index contributed by atoms with van der Waals surface area (Å²) in [6.07, 6.45) is 1.88. The van der Waals surface area contributed by atoms with E-state index >= 15 is 0 Å². The summed E-state index contributed by atoms with van der Waals surface area (Å²) < 4.78 is 0. The molecular formula is C18H18N2O3. The van der Waals surface area contributed by atoms with Crippen LogP contribution in [0.5, 0.6) is 5.75 Å². The summed E-state index contributed by atoms with van der Waals surface area (Å²) in [6.45, 7) is 1.85. The lowest BCUT2D eigenvalue weighted by atomic mass is 10.1. The van der Waals surface area contributed by atoms with E-state index in [1.807, 2.05) is 6.92 Å². The maximum Gasteiger partial charge on any atom is 0.259 e. The van der Waals surface area contributed by atoms with E-state index in [4.69, 9.17) is 0 Å². The maximum atomic E-state index is 12.3. The Labute approximate surface area is 134 Å². The normalized spacial score (nSPS) is 13.4. The van der Waals surface area contributed by atoms with Crippen molar-refractivity contribution in [3.8, 4) is 5.75 Å². The third-order valence-electron chi connectivity index (χ3n) is 3.73. The van der Waals surface area contributed by atoms with Crippen molar-refractivity contribution in [2.24, 2.45) is 5.92 Å². The second kappa shape index (κ2) is 6.12. The number of aryl methyl sites for hydroxylation is 1. The maximum absolute atomic E-state index is 12.3. The third kappa shape index (κ3) is 3.69. The topological polar surface area (TPSA) is 78.4 Å². The predicted molar refractivity (Wildman–Crippen MR) is 88.6 cm³/mol. The number of phenols is 1. The lowest BCUT2D eigenvalue weighted by Gasteiger charge is -2.10. The molecule has 118 valence electrons. The zero-order valence-electron chi connectivity index (χ0n) is 12.8. The van der Waals surface area contributed by atoms with Gasteiger partial charge >= 0.3 is 0 Å². The molecule has 2 aromatic rings. The van der Waals surface area contributed by atoms with Crippen LogP contribution in [0.4, 0.5) is 11.4 Å². The molecule has 2 amide bonds. The van der Waals surface area contributed by atoms with Gasteiger partial charge in [0.15, 0.2) is 0 Å². The molecule has 0 bridgehead atoms. The number of carbonyl (C=O) groups is 2. The molecule has 5 nitrogen and oxygen atoms in total. The number of anilines is 2. The number of rotatable bonds is 4. The summed E-state index contributed by atoms with van der Waals surface area (Å²) in [4.78, 5) is 24.1. The van der Waals surface area contributed by atoms with Gasteiger partial charge in [-0.05, 0) is 50.1 Å².